The van der Waals surface area contributed by atoms with Crippen LogP contribution in [0.4, 0.5) is 5.69 Å². The molecule has 0 spiro atoms. The zero-order chi connectivity index (χ0) is 21.6. The van der Waals surface area contributed by atoms with Crippen LogP contribution in [-0.4, -0.2) is 52.8 Å². The lowest BCUT2D eigenvalue weighted by atomic mass is 10.1. The van der Waals surface area contributed by atoms with Gasteiger partial charge in [-0.15, -0.1) is 0 Å². The smallest absolute Gasteiger partial charge is 0.246 e. The van der Waals surface area contributed by atoms with Crippen molar-refractivity contribution in [2.24, 2.45) is 0 Å². The number of hydrogen-bond donors (Lipinski definition) is 0. The van der Waals surface area contributed by atoms with E-state index in [9.17, 15) is 13.2 Å². The van der Waals surface area contributed by atoms with Crippen LogP contribution in [0.25, 0.3) is 0 Å². The molecule has 0 radical (unpaired) electrons. The first-order valence-corrected chi connectivity index (χ1v) is 11.1. The first-order chi connectivity index (χ1) is 13.7. The monoisotopic (exact) mass is 420 g/mol. The molecule has 0 aliphatic heterocycles. The van der Waals surface area contributed by atoms with Gasteiger partial charge in [0.15, 0.2) is 0 Å². The van der Waals surface area contributed by atoms with Crippen LogP contribution in [0.2, 0.25) is 0 Å². The predicted octanol–water partition coefficient (Wildman–Crippen LogP) is 2.91. The van der Waals surface area contributed by atoms with Gasteiger partial charge in [0.25, 0.3) is 0 Å². The highest BCUT2D eigenvalue weighted by Gasteiger charge is 2.33. The van der Waals surface area contributed by atoms with Crippen LogP contribution in [0.15, 0.2) is 48.5 Å². The highest BCUT2D eigenvalue weighted by atomic mass is 32.2. The molecule has 1 atom stereocenters. The SMILES string of the molecule is CC[C@H](C(=O)N(C)Cc1ccc(OC)cc1)N(c1cccc(OC)c1)S(C)(=O)=O. The molecule has 0 heterocycles. The van der Waals surface area contributed by atoms with Gasteiger partial charge in [-0.1, -0.05) is 25.1 Å². The van der Waals surface area contributed by atoms with Crippen LogP contribution in [0.1, 0.15) is 18.9 Å². The zero-order valence-electron chi connectivity index (χ0n) is 17.5. The van der Waals surface area contributed by atoms with E-state index in [2.05, 4.69) is 0 Å². The Labute approximate surface area is 172 Å². The number of nitrogens with zero attached hydrogens (tertiary/aromatic N) is 2. The fourth-order valence-electron chi connectivity index (χ4n) is 3.13. The van der Waals surface area contributed by atoms with Gasteiger partial charge < -0.3 is 14.4 Å². The summed E-state index contributed by atoms with van der Waals surface area (Å²) in [5.41, 5.74) is 1.31. The number of carbonyl (C=O) groups excluding carboxylic acids is 1. The third kappa shape index (κ3) is 5.63. The van der Waals surface area contributed by atoms with Crippen molar-refractivity contribution in [2.75, 3.05) is 31.8 Å². The number of benzene rings is 2. The maximum atomic E-state index is 13.2. The lowest BCUT2D eigenvalue weighted by Crippen LogP contribution is -2.49. The first-order valence-electron chi connectivity index (χ1n) is 9.22. The quantitative estimate of drug-likeness (QED) is 0.623. The standard InChI is InChI=1S/C21H28N2O5S/c1-6-20(21(24)22(2)15-16-10-12-18(27-3)13-11-16)23(29(5,25)26)17-8-7-9-19(14-17)28-4/h7-14,20H,6,15H2,1-5H3/t20-/m1/s1. The molecule has 7 nitrogen and oxygen atoms in total. The number of anilines is 1. The van der Waals surface area contributed by atoms with E-state index in [1.807, 2.05) is 24.3 Å². The summed E-state index contributed by atoms with van der Waals surface area (Å²) in [6.07, 6.45) is 1.43. The van der Waals surface area contributed by atoms with Gasteiger partial charge in [0.05, 0.1) is 26.2 Å². The van der Waals surface area contributed by atoms with Crippen LogP contribution < -0.4 is 13.8 Å². The van der Waals surface area contributed by atoms with Crippen molar-refractivity contribution in [3.63, 3.8) is 0 Å². The van der Waals surface area contributed by atoms with Gasteiger partial charge in [0, 0.05) is 19.7 Å². The number of hydrogen-bond acceptors (Lipinski definition) is 5. The Kier molecular flexibility index (Phi) is 7.50. The molecule has 2 aromatic rings. The molecule has 0 unspecified atom stereocenters. The number of ether oxygens (including phenoxy) is 2. The lowest BCUT2D eigenvalue weighted by Gasteiger charge is -2.33. The molecule has 1 amide bonds. The summed E-state index contributed by atoms with van der Waals surface area (Å²) in [5, 5.41) is 0. The van der Waals surface area contributed by atoms with Crippen molar-refractivity contribution in [3.05, 3.63) is 54.1 Å². The molecule has 8 heteroatoms. The average molecular weight is 421 g/mol. The fraction of sp³-hybridized carbons (Fsp3) is 0.381. The molecule has 0 fully saturated rings. The first kappa shape index (κ1) is 22.5. The van der Waals surface area contributed by atoms with E-state index in [1.165, 1.54) is 16.3 Å². The van der Waals surface area contributed by atoms with E-state index in [1.54, 1.807) is 45.3 Å². The molecule has 0 aromatic heterocycles. The van der Waals surface area contributed by atoms with Gasteiger partial charge in [-0.05, 0) is 36.2 Å². The molecule has 0 saturated carbocycles. The summed E-state index contributed by atoms with van der Waals surface area (Å²) in [6.45, 7) is 2.15. The summed E-state index contributed by atoms with van der Waals surface area (Å²) in [4.78, 5) is 14.7. The van der Waals surface area contributed by atoms with E-state index in [-0.39, 0.29) is 5.91 Å². The molecule has 29 heavy (non-hydrogen) atoms. The largest absolute Gasteiger partial charge is 0.497 e. The predicted molar refractivity (Wildman–Crippen MR) is 114 cm³/mol. The highest BCUT2D eigenvalue weighted by molar-refractivity contribution is 7.92. The van der Waals surface area contributed by atoms with Gasteiger partial charge in [-0.25, -0.2) is 8.42 Å². The van der Waals surface area contributed by atoms with E-state index >= 15 is 0 Å². The summed E-state index contributed by atoms with van der Waals surface area (Å²) >= 11 is 0. The summed E-state index contributed by atoms with van der Waals surface area (Å²) < 4.78 is 36.7. The number of amides is 1. The second kappa shape index (κ2) is 9.65. The minimum atomic E-state index is -3.70. The van der Waals surface area contributed by atoms with Gasteiger partial charge >= 0.3 is 0 Å². The van der Waals surface area contributed by atoms with E-state index in [0.29, 0.717) is 24.4 Å². The number of methoxy groups -OCH3 is 2. The van der Waals surface area contributed by atoms with Gasteiger partial charge in [0.2, 0.25) is 15.9 Å². The Morgan fingerprint density at radius 2 is 1.66 bits per heavy atom. The van der Waals surface area contributed by atoms with E-state index in [4.69, 9.17) is 9.47 Å². The van der Waals surface area contributed by atoms with Crippen molar-refractivity contribution < 1.29 is 22.7 Å². The second-order valence-electron chi connectivity index (χ2n) is 6.73. The maximum absolute atomic E-state index is 13.2. The Morgan fingerprint density at radius 1 is 1.03 bits per heavy atom. The molecule has 0 saturated heterocycles. The molecular weight excluding hydrogens is 392 g/mol. The Morgan fingerprint density at radius 3 is 2.17 bits per heavy atom. The van der Waals surface area contributed by atoms with Crippen LogP contribution in [0, 0.1) is 0 Å². The summed E-state index contributed by atoms with van der Waals surface area (Å²) in [6, 6.07) is 13.2. The third-order valence-corrected chi connectivity index (χ3v) is 5.75. The van der Waals surface area contributed by atoms with Crippen molar-refractivity contribution in [3.8, 4) is 11.5 Å². The minimum Gasteiger partial charge on any atom is -0.497 e. The van der Waals surface area contributed by atoms with Crippen molar-refractivity contribution in [1.29, 1.82) is 0 Å². The molecule has 0 aliphatic rings. The average Bonchev–Trinajstić information content (AvgIpc) is 2.71. The number of likely N-dealkylation sites (N-methyl/N-ethyl adjacent to an activating group) is 1. The number of carbonyl (C=O) groups is 1. The van der Waals surface area contributed by atoms with E-state index < -0.39 is 16.1 Å². The highest BCUT2D eigenvalue weighted by Crippen LogP contribution is 2.27. The fourth-order valence-corrected chi connectivity index (χ4v) is 4.33. The third-order valence-electron chi connectivity index (χ3n) is 4.57. The molecular formula is C21H28N2O5S. The van der Waals surface area contributed by atoms with E-state index in [0.717, 1.165) is 17.6 Å². The molecule has 0 aliphatic carbocycles. The zero-order valence-corrected chi connectivity index (χ0v) is 18.3. The summed E-state index contributed by atoms with van der Waals surface area (Å²) in [5.74, 6) is 0.969. The van der Waals surface area contributed by atoms with Crippen molar-refractivity contribution in [2.45, 2.75) is 25.9 Å². The second-order valence-corrected chi connectivity index (χ2v) is 8.59. The van der Waals surface area contributed by atoms with Gasteiger partial charge in [0.1, 0.15) is 17.5 Å². The van der Waals surface area contributed by atoms with Gasteiger partial charge in [-0.2, -0.15) is 0 Å². The number of sulfonamides is 1. The topological polar surface area (TPSA) is 76.2 Å². The maximum Gasteiger partial charge on any atom is 0.246 e. The molecule has 0 bridgehead atoms. The molecule has 158 valence electrons. The number of rotatable bonds is 9. The van der Waals surface area contributed by atoms with Gasteiger partial charge in [-0.3, -0.25) is 9.10 Å². The lowest BCUT2D eigenvalue weighted by molar-refractivity contribution is -0.131. The molecule has 2 rings (SSSR count). The summed E-state index contributed by atoms with van der Waals surface area (Å²) in [7, 11) is 1.07. The Balaban J connectivity index is 2.31. The van der Waals surface area contributed by atoms with Crippen LogP contribution in [0.5, 0.6) is 11.5 Å². The van der Waals surface area contributed by atoms with Crippen molar-refractivity contribution in [1.82, 2.24) is 4.90 Å². The van der Waals surface area contributed by atoms with Crippen LogP contribution >= 0.6 is 0 Å². The van der Waals surface area contributed by atoms with Crippen LogP contribution in [0.3, 0.4) is 0 Å². The molecule has 0 N–H and O–H groups in total. The normalized spacial score (nSPS) is 12.2. The molecule has 2 aromatic carbocycles. The Bertz CT molecular complexity index is 928. The van der Waals surface area contributed by atoms with Crippen molar-refractivity contribution >= 4 is 21.6 Å². The van der Waals surface area contributed by atoms with Crippen LogP contribution in [-0.2, 0) is 21.4 Å². The minimum absolute atomic E-state index is 0.281. The Hall–Kier alpha value is -2.74.